The average molecular weight is 277 g/mol. The Hall–Kier alpha value is 0.507. The fourth-order valence-electron chi connectivity index (χ4n) is 2.21. The molecule has 0 aliphatic rings. The molecule has 0 N–H and O–H groups in total. The topological polar surface area (TPSA) is 0 Å². The zero-order valence-electron chi connectivity index (χ0n) is 12.4. The predicted molar refractivity (Wildman–Crippen MR) is 84.6 cm³/mol. The first-order chi connectivity index (χ1) is 8.06. The molecular weight excluding hydrogens is 244 g/mol. The molecule has 0 aliphatic carbocycles. The van der Waals surface area contributed by atoms with Gasteiger partial charge in [-0.05, 0) is 6.04 Å². The largest absolute Gasteiger partial charge is 0.168 e. The third-order valence-corrected chi connectivity index (χ3v) is 5.48. The third kappa shape index (κ3) is 16.5. The molecule has 0 radical (unpaired) electrons. The van der Waals surface area contributed by atoms with Gasteiger partial charge in [-0.15, -0.1) is 0 Å². The van der Waals surface area contributed by atoms with E-state index in [2.05, 4.69) is 20.0 Å². The van der Waals surface area contributed by atoms with Crippen LogP contribution in [0.2, 0.25) is 19.1 Å². The van der Waals surface area contributed by atoms with Gasteiger partial charge in [0.2, 0.25) is 0 Å². The van der Waals surface area contributed by atoms with Gasteiger partial charge in [0, 0.05) is 0 Å². The number of rotatable bonds is 12. The maximum absolute atomic E-state index is 6.30. The van der Waals surface area contributed by atoms with Crippen LogP contribution in [0, 0.1) is 0 Å². The van der Waals surface area contributed by atoms with E-state index in [1.54, 1.807) is 0 Å². The maximum Gasteiger partial charge on any atom is 0.150 e. The summed E-state index contributed by atoms with van der Waals surface area (Å²) in [5.41, 5.74) is 0. The Balaban J connectivity index is 2.99. The van der Waals surface area contributed by atoms with Crippen LogP contribution in [0.25, 0.3) is 0 Å². The average Bonchev–Trinajstić information content (AvgIpc) is 2.24. The molecule has 0 bridgehead atoms. The van der Waals surface area contributed by atoms with Gasteiger partial charge in [-0.2, -0.15) is 11.1 Å². The van der Waals surface area contributed by atoms with Crippen LogP contribution >= 0.6 is 11.1 Å². The Labute approximate surface area is 115 Å². The van der Waals surface area contributed by atoms with Crippen LogP contribution in [-0.2, 0) is 0 Å². The van der Waals surface area contributed by atoms with Crippen LogP contribution in [0.3, 0.4) is 0 Å². The van der Waals surface area contributed by atoms with Crippen LogP contribution in [-0.4, -0.2) is 7.38 Å². The summed E-state index contributed by atoms with van der Waals surface area (Å²) < 4.78 is 0. The lowest BCUT2D eigenvalue weighted by atomic mass is 10.1. The van der Waals surface area contributed by atoms with E-state index < -0.39 is 7.38 Å². The summed E-state index contributed by atoms with van der Waals surface area (Å²) in [6.07, 6.45) is 15.7. The van der Waals surface area contributed by atoms with E-state index in [0.717, 1.165) is 0 Å². The quantitative estimate of drug-likeness (QED) is 0.210. The van der Waals surface area contributed by atoms with Crippen molar-refractivity contribution in [1.82, 2.24) is 0 Å². The molecule has 0 fully saturated rings. The van der Waals surface area contributed by atoms with Gasteiger partial charge >= 0.3 is 0 Å². The predicted octanol–water partition coefficient (Wildman–Crippen LogP) is 6.74. The molecule has 0 heterocycles. The second kappa shape index (κ2) is 11.6. The molecular formula is C15H33ClSi. The summed E-state index contributed by atoms with van der Waals surface area (Å²) in [7, 11) is -1.28. The zero-order chi connectivity index (χ0) is 13.0. The molecule has 0 spiro atoms. The van der Waals surface area contributed by atoms with Crippen LogP contribution in [0.15, 0.2) is 0 Å². The van der Waals surface area contributed by atoms with Gasteiger partial charge < -0.3 is 0 Å². The molecule has 0 amide bonds. The van der Waals surface area contributed by atoms with Crippen molar-refractivity contribution >= 4 is 18.5 Å². The van der Waals surface area contributed by atoms with Gasteiger partial charge in [0.15, 0.2) is 0 Å². The van der Waals surface area contributed by atoms with Crippen LogP contribution in [0.4, 0.5) is 0 Å². The van der Waals surface area contributed by atoms with Crippen molar-refractivity contribution in [2.75, 3.05) is 0 Å². The van der Waals surface area contributed by atoms with Gasteiger partial charge in [0.25, 0.3) is 0 Å². The van der Waals surface area contributed by atoms with Crippen molar-refractivity contribution in [3.05, 3.63) is 0 Å². The Morgan fingerprint density at radius 1 is 0.647 bits per heavy atom. The molecule has 0 nitrogen and oxygen atoms in total. The minimum atomic E-state index is -1.28. The summed E-state index contributed by atoms with van der Waals surface area (Å²) in [5, 5.41) is 0. The Morgan fingerprint density at radius 3 is 1.35 bits per heavy atom. The second-order valence-corrected chi connectivity index (χ2v) is 13.0. The van der Waals surface area contributed by atoms with Gasteiger partial charge in [-0.25, -0.2) is 0 Å². The van der Waals surface area contributed by atoms with Gasteiger partial charge in [0.1, 0.15) is 7.38 Å². The monoisotopic (exact) mass is 276 g/mol. The summed E-state index contributed by atoms with van der Waals surface area (Å²) in [4.78, 5) is 0. The smallest absolute Gasteiger partial charge is 0.150 e. The molecule has 0 aromatic rings. The summed E-state index contributed by atoms with van der Waals surface area (Å²) in [6.45, 7) is 6.79. The van der Waals surface area contributed by atoms with Crippen molar-refractivity contribution in [3.8, 4) is 0 Å². The van der Waals surface area contributed by atoms with Crippen molar-refractivity contribution in [1.29, 1.82) is 0 Å². The van der Waals surface area contributed by atoms with E-state index in [-0.39, 0.29) is 0 Å². The molecule has 0 unspecified atom stereocenters. The van der Waals surface area contributed by atoms with Gasteiger partial charge in [-0.3, -0.25) is 0 Å². The number of unbranched alkanes of at least 4 members (excludes halogenated alkanes) is 10. The lowest BCUT2D eigenvalue weighted by Gasteiger charge is -2.11. The number of hydrogen-bond acceptors (Lipinski definition) is 0. The maximum atomic E-state index is 6.30. The number of halogens is 1. The highest BCUT2D eigenvalue weighted by Crippen LogP contribution is 2.19. The highest BCUT2D eigenvalue weighted by molar-refractivity contribution is 7.19. The van der Waals surface area contributed by atoms with Crippen LogP contribution in [0.5, 0.6) is 0 Å². The molecule has 0 aromatic heterocycles. The van der Waals surface area contributed by atoms with E-state index in [1.807, 2.05) is 0 Å². The van der Waals surface area contributed by atoms with Crippen molar-refractivity contribution < 1.29 is 0 Å². The van der Waals surface area contributed by atoms with Crippen molar-refractivity contribution in [2.45, 2.75) is 96.7 Å². The molecule has 17 heavy (non-hydrogen) atoms. The van der Waals surface area contributed by atoms with E-state index >= 15 is 0 Å². The Morgan fingerprint density at radius 2 is 1.00 bits per heavy atom. The first-order valence-corrected chi connectivity index (χ1v) is 12.0. The standard InChI is InChI=1S/C15H33ClSi/c1-4-5-6-7-8-9-10-11-12-13-14-15-17(2,3)16/h4-15H2,1-3H3. The minimum Gasteiger partial charge on any atom is -0.168 e. The molecule has 104 valence electrons. The normalized spacial score (nSPS) is 12.0. The first-order valence-electron chi connectivity index (χ1n) is 7.75. The molecule has 2 heteroatoms. The van der Waals surface area contributed by atoms with E-state index in [9.17, 15) is 0 Å². The molecule has 0 aliphatic heterocycles. The lowest BCUT2D eigenvalue weighted by molar-refractivity contribution is 0.554. The van der Waals surface area contributed by atoms with Gasteiger partial charge in [-0.1, -0.05) is 90.6 Å². The van der Waals surface area contributed by atoms with E-state index in [0.29, 0.717) is 0 Å². The molecule has 0 aromatic carbocycles. The Kier molecular flexibility index (Phi) is 11.9. The Bertz CT molecular complexity index is 151. The van der Waals surface area contributed by atoms with Crippen LogP contribution in [0.1, 0.15) is 77.6 Å². The third-order valence-electron chi connectivity index (χ3n) is 3.37. The summed E-state index contributed by atoms with van der Waals surface area (Å²) in [6, 6.07) is 1.30. The highest BCUT2D eigenvalue weighted by atomic mass is 35.6. The summed E-state index contributed by atoms with van der Waals surface area (Å²) >= 11 is 6.30. The lowest BCUT2D eigenvalue weighted by Crippen LogP contribution is -2.14. The van der Waals surface area contributed by atoms with Crippen LogP contribution < -0.4 is 0 Å². The zero-order valence-corrected chi connectivity index (χ0v) is 14.1. The SMILES string of the molecule is CCCCCCCCCCCCC[Si](C)(C)Cl. The molecule has 0 saturated heterocycles. The van der Waals surface area contributed by atoms with E-state index in [4.69, 9.17) is 11.1 Å². The fourth-order valence-corrected chi connectivity index (χ4v) is 3.70. The fraction of sp³-hybridized carbons (Fsp3) is 1.00. The highest BCUT2D eigenvalue weighted by Gasteiger charge is 2.15. The molecule has 0 atom stereocenters. The second-order valence-electron chi connectivity index (χ2n) is 6.00. The van der Waals surface area contributed by atoms with Gasteiger partial charge in [0.05, 0.1) is 0 Å². The van der Waals surface area contributed by atoms with Crippen molar-refractivity contribution in [2.24, 2.45) is 0 Å². The summed E-state index contributed by atoms with van der Waals surface area (Å²) in [5.74, 6) is 0. The van der Waals surface area contributed by atoms with Crippen molar-refractivity contribution in [3.63, 3.8) is 0 Å². The number of hydrogen-bond donors (Lipinski definition) is 0. The first kappa shape index (κ1) is 17.5. The van der Waals surface area contributed by atoms with E-state index in [1.165, 1.54) is 76.7 Å². The minimum absolute atomic E-state index is 1.28. The molecule has 0 saturated carbocycles. The molecule has 0 rings (SSSR count).